The highest BCUT2D eigenvalue weighted by atomic mass is 127. The summed E-state index contributed by atoms with van der Waals surface area (Å²) in [7, 11) is 0. The fraction of sp³-hybridized carbons (Fsp3) is 0.667. The largest absolute Gasteiger partial charge is 0.444 e. The summed E-state index contributed by atoms with van der Waals surface area (Å²) < 4.78 is 5.37. The first-order valence-electron chi connectivity index (χ1n) is 8.77. The predicted molar refractivity (Wildman–Crippen MR) is 121 cm³/mol. The van der Waals surface area contributed by atoms with Gasteiger partial charge in [0.15, 0.2) is 5.96 Å². The summed E-state index contributed by atoms with van der Waals surface area (Å²) >= 11 is 1.73. The van der Waals surface area contributed by atoms with E-state index in [-0.39, 0.29) is 24.0 Å². The number of hydrogen-bond acceptors (Lipinski definition) is 4. The third kappa shape index (κ3) is 9.61. The summed E-state index contributed by atoms with van der Waals surface area (Å²) in [6.45, 7) is 10.7. The molecule has 1 aromatic rings. The highest BCUT2D eigenvalue weighted by Crippen LogP contribution is 2.17. The average Bonchev–Trinajstić information content (AvgIpc) is 3.03. The number of halogens is 1. The molecule has 26 heavy (non-hydrogen) atoms. The Labute approximate surface area is 178 Å². The molecule has 1 aromatic heterocycles. The number of guanidine groups is 1. The van der Waals surface area contributed by atoms with Crippen molar-refractivity contribution in [3.05, 3.63) is 22.4 Å². The van der Waals surface area contributed by atoms with Gasteiger partial charge in [0.05, 0.1) is 12.1 Å². The van der Waals surface area contributed by atoms with Gasteiger partial charge >= 0.3 is 6.09 Å². The van der Waals surface area contributed by atoms with Crippen LogP contribution in [-0.2, 0) is 11.2 Å². The molecule has 6 nitrogen and oxygen atoms in total. The van der Waals surface area contributed by atoms with Crippen LogP contribution in [-0.4, -0.2) is 36.3 Å². The first kappa shape index (κ1) is 25.0. The number of nitrogens with zero attached hydrogens (tertiary/aromatic N) is 1. The molecule has 1 amide bonds. The Morgan fingerprint density at radius 3 is 2.46 bits per heavy atom. The number of hydrogen-bond donors (Lipinski definition) is 3. The first-order valence-corrected chi connectivity index (χ1v) is 9.65. The van der Waals surface area contributed by atoms with Gasteiger partial charge in [-0.2, -0.15) is 0 Å². The van der Waals surface area contributed by atoms with Crippen molar-refractivity contribution in [2.24, 2.45) is 10.7 Å². The molecule has 1 heterocycles. The summed E-state index contributed by atoms with van der Waals surface area (Å²) in [6.07, 6.45) is 1.98. The van der Waals surface area contributed by atoms with E-state index in [1.807, 2.05) is 40.7 Å². The minimum absolute atomic E-state index is 0. The Balaban J connectivity index is 0.00000625. The van der Waals surface area contributed by atoms with Gasteiger partial charge in [-0.25, -0.2) is 4.79 Å². The van der Waals surface area contributed by atoms with E-state index < -0.39 is 17.2 Å². The quantitative estimate of drug-likeness (QED) is 0.290. The molecular formula is C18H33IN4O2S. The number of ether oxygens (including phenoxy) is 1. The van der Waals surface area contributed by atoms with Gasteiger partial charge in [0.25, 0.3) is 0 Å². The molecule has 1 rings (SSSR count). The molecule has 0 spiro atoms. The van der Waals surface area contributed by atoms with Crippen molar-refractivity contribution < 1.29 is 9.53 Å². The van der Waals surface area contributed by atoms with Crippen LogP contribution >= 0.6 is 35.3 Å². The highest BCUT2D eigenvalue weighted by molar-refractivity contribution is 14.0. The number of aliphatic imine (C=N–C) groups is 1. The molecule has 150 valence electrons. The second kappa shape index (κ2) is 11.6. The zero-order valence-electron chi connectivity index (χ0n) is 16.4. The van der Waals surface area contributed by atoms with Gasteiger partial charge in [-0.15, -0.1) is 35.3 Å². The van der Waals surface area contributed by atoms with E-state index in [1.54, 1.807) is 11.3 Å². The van der Waals surface area contributed by atoms with E-state index in [0.717, 1.165) is 25.8 Å². The summed E-state index contributed by atoms with van der Waals surface area (Å²) in [5.74, 6) is 0.397. The van der Waals surface area contributed by atoms with E-state index in [9.17, 15) is 4.79 Å². The topological polar surface area (TPSA) is 88.7 Å². The summed E-state index contributed by atoms with van der Waals surface area (Å²) in [5.41, 5.74) is 4.98. The molecule has 0 unspecified atom stereocenters. The average molecular weight is 496 g/mol. The van der Waals surface area contributed by atoms with Crippen LogP contribution in [0.3, 0.4) is 0 Å². The second-order valence-electron chi connectivity index (χ2n) is 7.07. The fourth-order valence-corrected chi connectivity index (χ4v) is 2.98. The second-order valence-corrected chi connectivity index (χ2v) is 8.10. The maximum atomic E-state index is 12.1. The lowest BCUT2D eigenvalue weighted by Crippen LogP contribution is -2.52. The molecule has 0 aromatic carbocycles. The van der Waals surface area contributed by atoms with Crippen LogP contribution in [0.1, 0.15) is 52.3 Å². The Hall–Kier alpha value is -1.03. The standard InChI is InChI=1S/C18H32N4O2S.HI/c1-6-18(7-2,22-16(23)24-17(3,4)5)13-21-15(19)20-11-10-14-9-8-12-25-14;/h8-9,12H,6-7,10-11,13H2,1-5H3,(H,22,23)(H3,19,20,21);1H. The van der Waals surface area contributed by atoms with Crippen molar-refractivity contribution >= 4 is 47.4 Å². The smallest absolute Gasteiger partial charge is 0.408 e. The number of carbonyl (C=O) groups is 1. The molecule has 0 aliphatic heterocycles. The minimum atomic E-state index is -0.525. The minimum Gasteiger partial charge on any atom is -0.444 e. The summed E-state index contributed by atoms with van der Waals surface area (Å²) in [6, 6.07) is 4.14. The van der Waals surface area contributed by atoms with Gasteiger partial charge in [-0.1, -0.05) is 19.9 Å². The Kier molecular flexibility index (Phi) is 11.2. The van der Waals surface area contributed by atoms with Gasteiger partial charge in [0.2, 0.25) is 0 Å². The Morgan fingerprint density at radius 1 is 1.31 bits per heavy atom. The molecule has 0 aliphatic carbocycles. The molecular weight excluding hydrogens is 463 g/mol. The monoisotopic (exact) mass is 496 g/mol. The first-order chi connectivity index (χ1) is 11.7. The van der Waals surface area contributed by atoms with Crippen LogP contribution in [0.15, 0.2) is 22.5 Å². The van der Waals surface area contributed by atoms with Crippen LogP contribution in [0.25, 0.3) is 0 Å². The zero-order chi connectivity index (χ0) is 18.9. The van der Waals surface area contributed by atoms with Gasteiger partial charge in [-0.3, -0.25) is 4.99 Å². The van der Waals surface area contributed by atoms with E-state index in [4.69, 9.17) is 10.5 Å². The molecule has 0 saturated carbocycles. The molecule has 4 N–H and O–H groups in total. The number of rotatable bonds is 8. The molecule has 0 aliphatic rings. The third-order valence-corrected chi connectivity index (χ3v) is 4.87. The van der Waals surface area contributed by atoms with Crippen molar-refractivity contribution in [3.8, 4) is 0 Å². The van der Waals surface area contributed by atoms with Gasteiger partial charge in [0.1, 0.15) is 5.60 Å². The predicted octanol–water partition coefficient (Wildman–Crippen LogP) is 3.90. The van der Waals surface area contributed by atoms with Crippen molar-refractivity contribution in [2.75, 3.05) is 13.1 Å². The Bertz CT molecular complexity index is 552. The molecule has 0 atom stereocenters. The van der Waals surface area contributed by atoms with Crippen molar-refractivity contribution in [1.29, 1.82) is 0 Å². The van der Waals surface area contributed by atoms with Gasteiger partial charge in [0, 0.05) is 11.4 Å². The van der Waals surface area contributed by atoms with Crippen molar-refractivity contribution in [3.63, 3.8) is 0 Å². The normalized spacial score (nSPS) is 12.3. The van der Waals surface area contributed by atoms with E-state index >= 15 is 0 Å². The number of carbonyl (C=O) groups excluding carboxylic acids is 1. The van der Waals surface area contributed by atoms with E-state index in [0.29, 0.717) is 12.5 Å². The lowest BCUT2D eigenvalue weighted by Gasteiger charge is -2.32. The van der Waals surface area contributed by atoms with Crippen LogP contribution in [0.2, 0.25) is 0 Å². The number of amides is 1. The Morgan fingerprint density at radius 2 is 1.96 bits per heavy atom. The fourth-order valence-electron chi connectivity index (χ4n) is 2.27. The maximum absolute atomic E-state index is 12.1. The summed E-state index contributed by atoms with van der Waals surface area (Å²) in [5, 5.41) is 8.16. The molecule has 0 fully saturated rings. The molecule has 0 bridgehead atoms. The third-order valence-electron chi connectivity index (χ3n) is 3.93. The summed E-state index contributed by atoms with van der Waals surface area (Å²) in [4.78, 5) is 17.8. The van der Waals surface area contributed by atoms with Gasteiger partial charge < -0.3 is 21.1 Å². The van der Waals surface area contributed by atoms with Crippen LogP contribution in [0.5, 0.6) is 0 Å². The number of nitrogens with two attached hydrogens (primary N) is 1. The van der Waals surface area contributed by atoms with Crippen LogP contribution < -0.4 is 16.4 Å². The highest BCUT2D eigenvalue weighted by Gasteiger charge is 2.30. The molecule has 0 radical (unpaired) electrons. The molecule has 0 saturated heterocycles. The van der Waals surface area contributed by atoms with E-state index in [2.05, 4.69) is 27.1 Å². The molecule has 8 heteroatoms. The van der Waals surface area contributed by atoms with Gasteiger partial charge in [-0.05, 0) is 51.5 Å². The number of alkyl carbamates (subject to hydrolysis) is 1. The SMILES string of the molecule is CCC(CC)(CN=C(N)NCCc1cccs1)NC(=O)OC(C)(C)C.I. The zero-order valence-corrected chi connectivity index (χ0v) is 19.6. The number of nitrogens with one attached hydrogen (secondary N) is 2. The van der Waals surface area contributed by atoms with Crippen molar-refractivity contribution in [1.82, 2.24) is 10.6 Å². The van der Waals surface area contributed by atoms with Crippen molar-refractivity contribution in [2.45, 2.75) is 65.0 Å². The van der Waals surface area contributed by atoms with E-state index in [1.165, 1.54) is 4.88 Å². The lowest BCUT2D eigenvalue weighted by molar-refractivity contribution is 0.0452. The van der Waals surface area contributed by atoms with Crippen LogP contribution in [0.4, 0.5) is 4.79 Å². The number of thiophene rings is 1. The maximum Gasteiger partial charge on any atom is 0.408 e. The lowest BCUT2D eigenvalue weighted by atomic mass is 9.93. The van der Waals surface area contributed by atoms with Crippen LogP contribution in [0, 0.1) is 0 Å².